The van der Waals surface area contributed by atoms with Crippen LogP contribution in [-0.4, -0.2) is 40.5 Å². The summed E-state index contributed by atoms with van der Waals surface area (Å²) in [6.45, 7) is 1.79. The highest BCUT2D eigenvalue weighted by Crippen LogP contribution is 2.31. The third-order valence-corrected chi connectivity index (χ3v) is 4.88. The molecule has 1 aromatic carbocycles. The number of amides is 1. The largest absolute Gasteiger partial charge is 0.488 e. The van der Waals surface area contributed by atoms with Crippen LogP contribution in [-0.2, 0) is 4.79 Å². The van der Waals surface area contributed by atoms with Crippen molar-refractivity contribution in [2.24, 2.45) is 0 Å². The average Bonchev–Trinajstić information content (AvgIpc) is 3.15. The lowest BCUT2D eigenvalue weighted by Crippen LogP contribution is -2.40. The van der Waals surface area contributed by atoms with Gasteiger partial charge in [-0.2, -0.15) is 0 Å². The van der Waals surface area contributed by atoms with E-state index in [9.17, 15) is 4.79 Å². The number of carbonyl (C=O) groups is 1. The Morgan fingerprint density at radius 3 is 2.92 bits per heavy atom. The molecule has 5 nitrogen and oxygen atoms in total. The van der Waals surface area contributed by atoms with Crippen LogP contribution in [0.15, 0.2) is 36.2 Å². The standard InChI is InChI=1S/C18H18ClN3O2/c19-15-1-2-16-13(10-15)9-14(11-24-16)18(23)22-7-3-12(4-8-22)17-20-5-6-21-17/h1-2,5-6,9-10,12H,3-4,7-8,11H2,(H,20,21). The van der Waals surface area contributed by atoms with Crippen molar-refractivity contribution in [1.29, 1.82) is 0 Å². The van der Waals surface area contributed by atoms with Gasteiger partial charge in [-0.25, -0.2) is 4.98 Å². The average molecular weight is 344 g/mol. The quantitative estimate of drug-likeness (QED) is 0.910. The van der Waals surface area contributed by atoms with E-state index in [-0.39, 0.29) is 5.91 Å². The number of piperidine rings is 1. The van der Waals surface area contributed by atoms with E-state index in [1.165, 1.54) is 0 Å². The summed E-state index contributed by atoms with van der Waals surface area (Å²) in [6, 6.07) is 5.46. The first kappa shape index (κ1) is 15.3. The fraction of sp³-hybridized carbons (Fsp3) is 0.333. The lowest BCUT2D eigenvalue weighted by atomic mass is 9.95. The molecule has 1 saturated heterocycles. The SMILES string of the molecule is O=C(C1=Cc2cc(Cl)ccc2OC1)N1CCC(c2ncc[nH]2)CC1. The molecule has 124 valence electrons. The van der Waals surface area contributed by atoms with Gasteiger partial charge in [-0.3, -0.25) is 4.79 Å². The van der Waals surface area contributed by atoms with Crippen molar-refractivity contribution in [3.8, 4) is 5.75 Å². The molecule has 0 unspecified atom stereocenters. The second kappa shape index (κ2) is 6.32. The summed E-state index contributed by atoms with van der Waals surface area (Å²) in [7, 11) is 0. The van der Waals surface area contributed by atoms with Crippen LogP contribution in [0, 0.1) is 0 Å². The normalized spacial score (nSPS) is 17.9. The molecule has 1 N–H and O–H groups in total. The van der Waals surface area contributed by atoms with Gasteiger partial charge in [0.05, 0.1) is 5.57 Å². The van der Waals surface area contributed by atoms with E-state index in [4.69, 9.17) is 16.3 Å². The maximum Gasteiger partial charge on any atom is 0.253 e. The fourth-order valence-corrected chi connectivity index (χ4v) is 3.51. The summed E-state index contributed by atoms with van der Waals surface area (Å²) in [5.74, 6) is 2.25. The predicted molar refractivity (Wildman–Crippen MR) is 92.1 cm³/mol. The maximum atomic E-state index is 12.8. The highest BCUT2D eigenvalue weighted by atomic mass is 35.5. The number of carbonyl (C=O) groups excluding carboxylic acids is 1. The van der Waals surface area contributed by atoms with Crippen LogP contribution < -0.4 is 4.74 Å². The molecule has 2 aliphatic rings. The van der Waals surface area contributed by atoms with Crippen LogP contribution in [0.3, 0.4) is 0 Å². The Bertz CT molecular complexity index is 778. The third kappa shape index (κ3) is 2.91. The summed E-state index contributed by atoms with van der Waals surface area (Å²) < 4.78 is 5.69. The topological polar surface area (TPSA) is 58.2 Å². The molecule has 6 heteroatoms. The van der Waals surface area contributed by atoms with E-state index < -0.39 is 0 Å². The van der Waals surface area contributed by atoms with Crippen molar-refractivity contribution in [3.05, 3.63) is 52.6 Å². The van der Waals surface area contributed by atoms with Crippen molar-refractivity contribution < 1.29 is 9.53 Å². The van der Waals surface area contributed by atoms with Crippen molar-refractivity contribution in [2.75, 3.05) is 19.7 Å². The van der Waals surface area contributed by atoms with Gasteiger partial charge in [0.1, 0.15) is 18.2 Å². The summed E-state index contributed by atoms with van der Waals surface area (Å²) >= 11 is 6.03. The number of imidazole rings is 1. The summed E-state index contributed by atoms with van der Waals surface area (Å²) in [4.78, 5) is 22.2. The zero-order valence-corrected chi connectivity index (χ0v) is 13.9. The first-order chi connectivity index (χ1) is 11.7. The van der Waals surface area contributed by atoms with Gasteiger partial charge in [0.15, 0.2) is 0 Å². The number of nitrogens with zero attached hydrogens (tertiary/aromatic N) is 2. The summed E-state index contributed by atoms with van der Waals surface area (Å²) in [6.07, 6.45) is 7.37. The molecule has 1 aromatic heterocycles. The van der Waals surface area contributed by atoms with Gasteiger partial charge in [-0.15, -0.1) is 0 Å². The van der Waals surface area contributed by atoms with Gasteiger partial charge in [0, 0.05) is 42.0 Å². The zero-order valence-electron chi connectivity index (χ0n) is 13.2. The van der Waals surface area contributed by atoms with E-state index in [2.05, 4.69) is 9.97 Å². The van der Waals surface area contributed by atoms with Gasteiger partial charge in [-0.05, 0) is 37.1 Å². The van der Waals surface area contributed by atoms with E-state index in [0.717, 1.165) is 43.1 Å². The second-order valence-electron chi connectivity index (χ2n) is 6.18. The first-order valence-corrected chi connectivity index (χ1v) is 8.50. The van der Waals surface area contributed by atoms with E-state index in [1.54, 1.807) is 12.3 Å². The van der Waals surface area contributed by atoms with Gasteiger partial charge in [0.2, 0.25) is 0 Å². The van der Waals surface area contributed by atoms with Crippen molar-refractivity contribution in [3.63, 3.8) is 0 Å². The molecule has 24 heavy (non-hydrogen) atoms. The van der Waals surface area contributed by atoms with Gasteiger partial charge in [-0.1, -0.05) is 11.6 Å². The fourth-order valence-electron chi connectivity index (χ4n) is 3.33. The van der Waals surface area contributed by atoms with Crippen LogP contribution in [0.5, 0.6) is 5.75 Å². The van der Waals surface area contributed by atoms with Gasteiger partial charge < -0.3 is 14.6 Å². The number of rotatable bonds is 2. The predicted octanol–water partition coefficient (Wildman–Crippen LogP) is 3.25. The highest BCUT2D eigenvalue weighted by molar-refractivity contribution is 6.30. The molecule has 0 radical (unpaired) electrons. The number of benzene rings is 1. The third-order valence-electron chi connectivity index (χ3n) is 4.65. The molecule has 2 aliphatic heterocycles. The molecule has 2 aromatic rings. The molecule has 0 spiro atoms. The van der Waals surface area contributed by atoms with E-state index >= 15 is 0 Å². The first-order valence-electron chi connectivity index (χ1n) is 8.12. The van der Waals surface area contributed by atoms with Crippen molar-refractivity contribution in [1.82, 2.24) is 14.9 Å². The molecular formula is C18H18ClN3O2. The molecule has 0 bridgehead atoms. The van der Waals surface area contributed by atoms with Crippen LogP contribution in [0.1, 0.15) is 30.1 Å². The Balaban J connectivity index is 1.45. The lowest BCUT2D eigenvalue weighted by Gasteiger charge is -2.32. The Labute approximate surface area is 145 Å². The van der Waals surface area contributed by atoms with Crippen LogP contribution in [0.4, 0.5) is 0 Å². The minimum atomic E-state index is 0.0542. The minimum Gasteiger partial charge on any atom is -0.488 e. The second-order valence-corrected chi connectivity index (χ2v) is 6.62. The number of aromatic nitrogens is 2. The number of nitrogens with one attached hydrogen (secondary N) is 1. The molecule has 0 saturated carbocycles. The number of hydrogen-bond acceptors (Lipinski definition) is 3. The Hall–Kier alpha value is -2.27. The maximum absolute atomic E-state index is 12.8. The van der Waals surface area contributed by atoms with Crippen molar-refractivity contribution in [2.45, 2.75) is 18.8 Å². The van der Waals surface area contributed by atoms with Gasteiger partial charge >= 0.3 is 0 Å². The number of fused-ring (bicyclic) bond motifs is 1. The molecule has 1 amide bonds. The van der Waals surface area contributed by atoms with Crippen LogP contribution in [0.2, 0.25) is 5.02 Å². The smallest absolute Gasteiger partial charge is 0.253 e. The van der Waals surface area contributed by atoms with Crippen LogP contribution >= 0.6 is 11.6 Å². The van der Waals surface area contributed by atoms with Crippen LogP contribution in [0.25, 0.3) is 6.08 Å². The van der Waals surface area contributed by atoms with E-state index in [0.29, 0.717) is 23.1 Å². The van der Waals surface area contributed by atoms with Gasteiger partial charge in [0.25, 0.3) is 5.91 Å². The Morgan fingerprint density at radius 2 is 2.17 bits per heavy atom. The number of H-pyrrole nitrogens is 1. The molecule has 1 fully saturated rings. The summed E-state index contributed by atoms with van der Waals surface area (Å²) in [5.41, 5.74) is 1.55. The zero-order chi connectivity index (χ0) is 16.5. The van der Waals surface area contributed by atoms with Crippen molar-refractivity contribution >= 4 is 23.6 Å². The number of aromatic amines is 1. The molecule has 4 rings (SSSR count). The molecule has 3 heterocycles. The molecular weight excluding hydrogens is 326 g/mol. The number of likely N-dealkylation sites (tertiary alicyclic amines) is 1. The molecule has 0 atom stereocenters. The number of hydrogen-bond donors (Lipinski definition) is 1. The van der Waals surface area contributed by atoms with E-state index in [1.807, 2.05) is 29.3 Å². The Morgan fingerprint density at radius 1 is 1.33 bits per heavy atom. The number of ether oxygens (including phenoxy) is 1. The summed E-state index contributed by atoms with van der Waals surface area (Å²) in [5, 5.41) is 0.640. The minimum absolute atomic E-state index is 0.0542. The Kier molecular flexibility index (Phi) is 4.02. The lowest BCUT2D eigenvalue weighted by molar-refractivity contribution is -0.128. The molecule has 0 aliphatic carbocycles. The highest BCUT2D eigenvalue weighted by Gasteiger charge is 2.28. The monoisotopic (exact) mass is 343 g/mol. The number of halogens is 1.